The van der Waals surface area contributed by atoms with Gasteiger partial charge in [-0.1, -0.05) is 61.9 Å². The second-order valence-electron chi connectivity index (χ2n) is 9.32. The monoisotopic (exact) mass is 751 g/mol. The summed E-state index contributed by atoms with van der Waals surface area (Å²) >= 11 is 3.39. The number of nitrogens with one attached hydrogen (secondary N) is 1. The molecule has 2 N–H and O–H groups in total. The van der Waals surface area contributed by atoms with Crippen molar-refractivity contribution in [3.05, 3.63) is 149 Å². The fourth-order valence-electron chi connectivity index (χ4n) is 3.68. The molecule has 5 heteroatoms. The van der Waals surface area contributed by atoms with E-state index in [0.717, 1.165) is 58.5 Å². The van der Waals surface area contributed by atoms with E-state index in [1.165, 1.54) is 5.56 Å². The second kappa shape index (κ2) is 19.6. The molecule has 4 aromatic rings. The predicted octanol–water partition coefficient (Wildman–Crippen LogP) is 9.16. The fourth-order valence-corrected chi connectivity index (χ4v) is 4.29. The van der Waals surface area contributed by atoms with Crippen molar-refractivity contribution in [1.29, 1.82) is 0 Å². The summed E-state index contributed by atoms with van der Waals surface area (Å²) in [6, 6.07) is 32.0. The molecule has 39 heavy (non-hydrogen) atoms. The molecule has 4 rings (SSSR count). The zero-order chi connectivity index (χ0) is 27.8. The standard InChI is InChI=1S/C20H26BrN2O.2C7H7.Hf/c1-14(2)17-6-4-5-7-19(17)23-11-10-22-9-8-16-12-15(3)13-18(21)20(16)24;2*1-7-5-3-2-4-6-7;/h4-7,12-14,22,24H,8-11H2,1-3H3;2*2-6H,1H2;/q3*-1;+4. The molecule has 0 saturated heterocycles. The number of nitrogens with zero attached hydrogens (tertiary/aromatic N) is 1. The van der Waals surface area contributed by atoms with E-state index < -0.39 is 0 Å². The van der Waals surface area contributed by atoms with Crippen molar-refractivity contribution in [1.82, 2.24) is 5.32 Å². The third kappa shape index (κ3) is 13.9. The Morgan fingerprint density at radius 1 is 0.821 bits per heavy atom. The molecule has 0 radical (unpaired) electrons. The van der Waals surface area contributed by atoms with Gasteiger partial charge < -0.3 is 15.7 Å². The smallest absolute Gasteiger partial charge is 0.683 e. The summed E-state index contributed by atoms with van der Waals surface area (Å²) in [5.41, 5.74) is 6.65. The van der Waals surface area contributed by atoms with Gasteiger partial charge in [0.15, 0.2) is 0 Å². The molecule has 3 nitrogen and oxygen atoms in total. The molecule has 0 amide bonds. The quantitative estimate of drug-likeness (QED) is 0.107. The van der Waals surface area contributed by atoms with E-state index in [4.69, 9.17) is 5.32 Å². The maximum atomic E-state index is 10.1. The van der Waals surface area contributed by atoms with Crippen molar-refractivity contribution in [3.63, 3.8) is 0 Å². The second-order valence-corrected chi connectivity index (χ2v) is 10.2. The normalized spacial score (nSPS) is 9.87. The Kier molecular flexibility index (Phi) is 17.3. The molecule has 0 aromatic heterocycles. The van der Waals surface area contributed by atoms with Crippen LogP contribution in [0.1, 0.15) is 47.6 Å². The molecule has 0 saturated carbocycles. The summed E-state index contributed by atoms with van der Waals surface area (Å²) in [4.78, 5) is 0. The van der Waals surface area contributed by atoms with Crippen LogP contribution in [0.4, 0.5) is 5.69 Å². The summed E-state index contributed by atoms with van der Waals surface area (Å²) in [6.45, 7) is 16.3. The summed E-state index contributed by atoms with van der Waals surface area (Å²) in [7, 11) is 0. The first kappa shape index (κ1) is 34.6. The number of aromatic hydroxyl groups is 1. The zero-order valence-corrected chi connectivity index (χ0v) is 28.5. The van der Waals surface area contributed by atoms with Gasteiger partial charge in [0.2, 0.25) is 0 Å². The zero-order valence-electron chi connectivity index (χ0n) is 23.3. The average molecular weight is 751 g/mol. The number of aryl methyl sites for hydroxylation is 1. The van der Waals surface area contributed by atoms with Gasteiger partial charge in [0.25, 0.3) is 0 Å². The van der Waals surface area contributed by atoms with Crippen molar-refractivity contribution in [2.24, 2.45) is 0 Å². The third-order valence-corrected chi connectivity index (χ3v) is 6.28. The van der Waals surface area contributed by atoms with Crippen LogP contribution in [0, 0.1) is 20.8 Å². The van der Waals surface area contributed by atoms with E-state index in [9.17, 15) is 5.11 Å². The number of hydrogen-bond donors (Lipinski definition) is 2. The van der Waals surface area contributed by atoms with E-state index >= 15 is 0 Å². The molecule has 0 atom stereocenters. The van der Waals surface area contributed by atoms with Gasteiger partial charge in [0.1, 0.15) is 5.75 Å². The maximum Gasteiger partial charge on any atom is 4.00 e. The van der Waals surface area contributed by atoms with Gasteiger partial charge in [-0.2, -0.15) is 49.2 Å². The molecule has 0 aliphatic rings. The minimum absolute atomic E-state index is 0. The Labute approximate surface area is 263 Å². The van der Waals surface area contributed by atoms with E-state index in [2.05, 4.69) is 67.1 Å². The fraction of sp³-hybridized carbons (Fsp3) is 0.235. The molecular formula is C34H40BrHfN2O+. The van der Waals surface area contributed by atoms with Gasteiger partial charge in [0.05, 0.1) is 4.47 Å². The first-order valence-corrected chi connectivity index (χ1v) is 13.8. The summed E-state index contributed by atoms with van der Waals surface area (Å²) in [6.07, 6.45) is 0.800. The van der Waals surface area contributed by atoms with Crippen LogP contribution in [0.2, 0.25) is 0 Å². The van der Waals surface area contributed by atoms with E-state index in [-0.39, 0.29) is 25.8 Å². The molecule has 0 unspecified atom stereocenters. The van der Waals surface area contributed by atoms with E-state index in [1.807, 2.05) is 85.8 Å². The van der Waals surface area contributed by atoms with Gasteiger partial charge in [-0.15, -0.1) is 36.5 Å². The molecule has 0 spiro atoms. The molecule has 0 aliphatic carbocycles. The summed E-state index contributed by atoms with van der Waals surface area (Å²) in [5, 5.41) is 18.2. The Hall–Kier alpha value is -2.47. The number of para-hydroxylation sites is 1. The van der Waals surface area contributed by atoms with Gasteiger partial charge in [0, 0.05) is 0 Å². The molecule has 0 heterocycles. The van der Waals surface area contributed by atoms with Crippen molar-refractivity contribution < 1.29 is 30.9 Å². The molecule has 202 valence electrons. The minimum Gasteiger partial charge on any atom is -0.683 e. The average Bonchev–Trinajstić information content (AvgIpc) is 2.90. The van der Waals surface area contributed by atoms with Crippen molar-refractivity contribution in [2.45, 2.75) is 33.1 Å². The predicted molar refractivity (Wildman–Crippen MR) is 167 cm³/mol. The van der Waals surface area contributed by atoms with Gasteiger partial charge >= 0.3 is 25.8 Å². The number of rotatable bonds is 8. The van der Waals surface area contributed by atoms with Crippen LogP contribution in [-0.2, 0) is 32.3 Å². The molecule has 4 aromatic carbocycles. The van der Waals surface area contributed by atoms with E-state index in [0.29, 0.717) is 11.7 Å². The first-order valence-electron chi connectivity index (χ1n) is 13.0. The first-order chi connectivity index (χ1) is 18.3. The molecule has 0 bridgehead atoms. The Balaban J connectivity index is 0.000000410. The van der Waals surface area contributed by atoms with Crippen molar-refractivity contribution >= 4 is 21.6 Å². The Bertz CT molecular complexity index is 1160. The number of phenols is 1. The largest absolute Gasteiger partial charge is 4.00 e. The van der Waals surface area contributed by atoms with Crippen LogP contribution in [0.25, 0.3) is 5.32 Å². The SMILES string of the molecule is Cc1cc(Br)c(O)c(CCNCC[N-]c2ccccc2C(C)C)c1.[CH2-]c1ccccc1.[CH2-]c1ccccc1.[Hf+4]. The number of phenolic OH excluding ortho intramolecular Hbond substituents is 1. The topological polar surface area (TPSA) is 46.4 Å². The summed E-state index contributed by atoms with van der Waals surface area (Å²) < 4.78 is 0.762. The van der Waals surface area contributed by atoms with Gasteiger partial charge in [-0.25, -0.2) is 0 Å². The van der Waals surface area contributed by atoms with Crippen molar-refractivity contribution in [2.75, 3.05) is 19.6 Å². The van der Waals surface area contributed by atoms with Crippen LogP contribution in [-0.4, -0.2) is 24.7 Å². The third-order valence-electron chi connectivity index (χ3n) is 5.67. The van der Waals surface area contributed by atoms with Gasteiger partial charge in [-0.3, -0.25) is 0 Å². The van der Waals surface area contributed by atoms with Crippen LogP contribution >= 0.6 is 15.9 Å². The van der Waals surface area contributed by atoms with Crippen LogP contribution in [0.15, 0.2) is 102 Å². The maximum absolute atomic E-state index is 10.1. The van der Waals surface area contributed by atoms with Crippen molar-refractivity contribution in [3.8, 4) is 5.75 Å². The number of benzene rings is 4. The van der Waals surface area contributed by atoms with Gasteiger partial charge in [-0.05, 0) is 65.5 Å². The number of halogens is 1. The minimum atomic E-state index is 0. The van der Waals surface area contributed by atoms with Crippen LogP contribution in [0.5, 0.6) is 5.75 Å². The van der Waals surface area contributed by atoms with Crippen LogP contribution in [0.3, 0.4) is 0 Å². The van der Waals surface area contributed by atoms with E-state index in [1.54, 1.807) is 0 Å². The summed E-state index contributed by atoms with van der Waals surface area (Å²) in [5.74, 6) is 0.832. The Morgan fingerprint density at radius 3 is 1.87 bits per heavy atom. The van der Waals surface area contributed by atoms with Crippen LogP contribution < -0.4 is 5.32 Å². The molecular weight excluding hydrogens is 711 g/mol. The molecule has 0 aliphatic heterocycles. The number of hydrogen-bond acceptors (Lipinski definition) is 2. The molecule has 0 fully saturated rings. The Morgan fingerprint density at radius 2 is 1.36 bits per heavy atom.